The number of hydrazone groups is 1. The van der Waals surface area contributed by atoms with Gasteiger partial charge in [-0.05, 0) is 18.2 Å². The first-order chi connectivity index (χ1) is 12.1. The van der Waals surface area contributed by atoms with E-state index in [9.17, 15) is 5.11 Å². The molecule has 0 bridgehead atoms. The number of fused-ring (bicyclic) bond motifs is 1. The number of aliphatic hydroxyl groups excluding tert-OH is 1. The van der Waals surface area contributed by atoms with E-state index < -0.39 is 0 Å². The monoisotopic (exact) mass is 368 g/mol. The molecule has 2 heterocycles. The molecule has 0 aliphatic carbocycles. The van der Waals surface area contributed by atoms with Crippen molar-refractivity contribution in [2.45, 2.75) is 0 Å². The molecule has 1 aromatic heterocycles. The van der Waals surface area contributed by atoms with Crippen molar-refractivity contribution in [3.63, 3.8) is 0 Å². The van der Waals surface area contributed by atoms with Crippen LogP contribution in [0.1, 0.15) is 10.6 Å². The molecule has 0 saturated heterocycles. The summed E-state index contributed by atoms with van der Waals surface area (Å²) in [6.45, 7) is 0.144. The lowest BCUT2D eigenvalue weighted by Gasteiger charge is -2.11. The summed E-state index contributed by atoms with van der Waals surface area (Å²) in [5.41, 5.74) is 2.04. The first-order valence-electron chi connectivity index (χ1n) is 7.56. The van der Waals surface area contributed by atoms with Crippen LogP contribution in [0.15, 0.2) is 59.4 Å². The third-order valence-electron chi connectivity index (χ3n) is 3.83. The quantitative estimate of drug-likeness (QED) is 0.666. The maximum Gasteiger partial charge on any atom is 0.155 e. The number of hydrogen-bond acceptors (Lipinski definition) is 5. The van der Waals surface area contributed by atoms with Gasteiger partial charge in [-0.25, -0.2) is 9.99 Å². The van der Waals surface area contributed by atoms with Gasteiger partial charge in [0, 0.05) is 10.6 Å². The van der Waals surface area contributed by atoms with E-state index in [4.69, 9.17) is 17.0 Å². The normalized spacial score (nSPS) is 15.1. The Morgan fingerprint density at radius 1 is 1.20 bits per heavy atom. The highest BCUT2D eigenvalue weighted by atomic mass is 35.5. The van der Waals surface area contributed by atoms with Crippen LogP contribution in [0.5, 0.6) is 0 Å². The molecule has 4 rings (SSSR count). The van der Waals surface area contributed by atoms with Crippen molar-refractivity contribution < 1.29 is 5.11 Å². The summed E-state index contributed by atoms with van der Waals surface area (Å²) in [6, 6.07) is 15.1. The van der Waals surface area contributed by atoms with Crippen LogP contribution in [0.4, 0.5) is 0 Å². The number of rotatable bonds is 3. The van der Waals surface area contributed by atoms with Crippen LogP contribution >= 0.6 is 22.9 Å². The minimum Gasteiger partial charge on any atom is -0.509 e. The Kier molecular flexibility index (Phi) is 3.99. The molecule has 2 aromatic carbocycles. The minimum atomic E-state index is 0.0976. The van der Waals surface area contributed by atoms with Gasteiger partial charge in [0.1, 0.15) is 17.3 Å². The molecular formula is C18H13ClN4OS. The number of amidine groups is 1. The van der Waals surface area contributed by atoms with Gasteiger partial charge in [0.15, 0.2) is 5.84 Å². The fraction of sp³-hybridized carbons (Fsp3) is 0.0556. The van der Waals surface area contributed by atoms with E-state index in [1.807, 2.05) is 42.5 Å². The van der Waals surface area contributed by atoms with Crippen LogP contribution in [0.2, 0.25) is 5.02 Å². The van der Waals surface area contributed by atoms with Gasteiger partial charge >= 0.3 is 0 Å². The predicted octanol–water partition coefficient (Wildman–Crippen LogP) is 4.55. The molecule has 1 aliphatic heterocycles. The van der Waals surface area contributed by atoms with E-state index in [0.29, 0.717) is 15.6 Å². The lowest BCUT2D eigenvalue weighted by molar-refractivity contribution is 0.358. The average Bonchev–Trinajstić information content (AvgIpc) is 3.14. The molecule has 0 radical (unpaired) electrons. The fourth-order valence-electron chi connectivity index (χ4n) is 2.58. The van der Waals surface area contributed by atoms with E-state index in [2.05, 4.69) is 10.1 Å². The van der Waals surface area contributed by atoms with Gasteiger partial charge in [0.2, 0.25) is 0 Å². The van der Waals surface area contributed by atoms with Gasteiger partial charge in [0.05, 0.1) is 22.0 Å². The highest BCUT2D eigenvalue weighted by molar-refractivity contribution is 7.19. The van der Waals surface area contributed by atoms with Crippen molar-refractivity contribution in [3.05, 3.63) is 69.9 Å². The molecule has 0 spiro atoms. The first kappa shape index (κ1) is 15.8. The number of nitrogens with one attached hydrogen (secondary N) is 1. The van der Waals surface area contributed by atoms with Crippen molar-refractivity contribution in [3.8, 4) is 0 Å². The van der Waals surface area contributed by atoms with E-state index in [1.165, 1.54) is 16.3 Å². The molecule has 124 valence electrons. The van der Waals surface area contributed by atoms with Gasteiger partial charge in [-0.15, -0.1) is 11.3 Å². The van der Waals surface area contributed by atoms with Crippen LogP contribution in [-0.2, 0) is 0 Å². The SMILES string of the molecule is N=C1C(c2nc3ccccc3s2)=C(O)CN1/N=C/c1ccccc1Cl. The number of aromatic nitrogens is 1. The smallest absolute Gasteiger partial charge is 0.155 e. The Bertz CT molecular complexity index is 1010. The number of nitrogens with zero attached hydrogens (tertiary/aromatic N) is 3. The number of aliphatic hydroxyl groups is 1. The zero-order chi connectivity index (χ0) is 17.4. The summed E-state index contributed by atoms with van der Waals surface area (Å²) in [7, 11) is 0. The van der Waals surface area contributed by atoms with Crippen molar-refractivity contribution in [2.24, 2.45) is 5.10 Å². The fourth-order valence-corrected chi connectivity index (χ4v) is 3.80. The molecule has 0 atom stereocenters. The molecular weight excluding hydrogens is 356 g/mol. The lowest BCUT2D eigenvalue weighted by atomic mass is 10.2. The Labute approximate surface area is 153 Å². The molecule has 0 saturated carbocycles. The molecule has 25 heavy (non-hydrogen) atoms. The molecule has 0 amide bonds. The maximum atomic E-state index is 10.3. The van der Waals surface area contributed by atoms with E-state index in [0.717, 1.165) is 15.8 Å². The zero-order valence-electron chi connectivity index (χ0n) is 13.0. The van der Waals surface area contributed by atoms with Crippen molar-refractivity contribution in [2.75, 3.05) is 6.54 Å². The largest absolute Gasteiger partial charge is 0.509 e. The second-order valence-corrected chi connectivity index (χ2v) is 6.92. The van der Waals surface area contributed by atoms with E-state index in [-0.39, 0.29) is 18.1 Å². The van der Waals surface area contributed by atoms with Crippen molar-refractivity contribution >= 4 is 50.8 Å². The number of benzene rings is 2. The number of halogens is 1. The third kappa shape index (κ3) is 2.90. The highest BCUT2D eigenvalue weighted by Crippen LogP contribution is 2.33. The summed E-state index contributed by atoms with van der Waals surface area (Å²) in [5.74, 6) is 0.222. The van der Waals surface area contributed by atoms with Crippen LogP contribution < -0.4 is 0 Å². The topological polar surface area (TPSA) is 72.6 Å². The number of hydrogen-bond donors (Lipinski definition) is 2. The molecule has 5 nitrogen and oxygen atoms in total. The Morgan fingerprint density at radius 3 is 2.76 bits per heavy atom. The molecule has 0 fully saturated rings. The molecule has 2 N–H and O–H groups in total. The number of thiazole rings is 1. The van der Waals surface area contributed by atoms with Crippen molar-refractivity contribution in [1.82, 2.24) is 9.99 Å². The summed E-state index contributed by atoms with van der Waals surface area (Å²) in [4.78, 5) is 4.52. The second kappa shape index (κ2) is 6.31. The first-order valence-corrected chi connectivity index (χ1v) is 8.76. The zero-order valence-corrected chi connectivity index (χ0v) is 14.6. The highest BCUT2D eigenvalue weighted by Gasteiger charge is 2.30. The standard InChI is InChI=1S/C18H13ClN4OS/c19-12-6-2-1-5-11(12)9-21-23-10-14(24)16(17(23)20)18-22-13-7-3-4-8-15(13)25-18/h1-9,20,24H,10H2/b20-17?,21-9+. The van der Waals surface area contributed by atoms with Gasteiger partial charge < -0.3 is 5.11 Å². The molecule has 7 heteroatoms. The summed E-state index contributed by atoms with van der Waals surface area (Å²) >= 11 is 7.56. The van der Waals surface area contributed by atoms with Crippen LogP contribution in [0.25, 0.3) is 15.8 Å². The predicted molar refractivity (Wildman–Crippen MR) is 103 cm³/mol. The van der Waals surface area contributed by atoms with E-state index in [1.54, 1.807) is 12.3 Å². The Morgan fingerprint density at radius 2 is 1.96 bits per heavy atom. The van der Waals surface area contributed by atoms with Crippen LogP contribution in [-0.4, -0.2) is 33.7 Å². The van der Waals surface area contributed by atoms with Crippen LogP contribution in [0, 0.1) is 5.41 Å². The molecule has 0 unspecified atom stereocenters. The maximum absolute atomic E-state index is 10.3. The third-order valence-corrected chi connectivity index (χ3v) is 5.23. The second-order valence-electron chi connectivity index (χ2n) is 5.48. The average molecular weight is 369 g/mol. The summed E-state index contributed by atoms with van der Waals surface area (Å²) < 4.78 is 1.02. The Balaban J connectivity index is 1.62. The molecule has 3 aromatic rings. The minimum absolute atomic E-state index is 0.0976. The van der Waals surface area contributed by atoms with Gasteiger partial charge in [-0.3, -0.25) is 5.41 Å². The molecule has 1 aliphatic rings. The summed E-state index contributed by atoms with van der Waals surface area (Å²) in [6.07, 6.45) is 1.59. The van der Waals surface area contributed by atoms with E-state index >= 15 is 0 Å². The van der Waals surface area contributed by atoms with Gasteiger partial charge in [-0.1, -0.05) is 41.9 Å². The summed E-state index contributed by atoms with van der Waals surface area (Å²) in [5, 5.41) is 25.6. The van der Waals surface area contributed by atoms with Gasteiger partial charge in [0.25, 0.3) is 0 Å². The van der Waals surface area contributed by atoms with Gasteiger partial charge in [-0.2, -0.15) is 5.10 Å². The van der Waals surface area contributed by atoms with Crippen molar-refractivity contribution in [1.29, 1.82) is 5.41 Å². The Hall–Kier alpha value is -2.70. The lowest BCUT2D eigenvalue weighted by Crippen LogP contribution is -2.20. The number of para-hydroxylation sites is 1. The van der Waals surface area contributed by atoms with Crippen LogP contribution in [0.3, 0.4) is 0 Å².